The lowest BCUT2D eigenvalue weighted by atomic mass is 9.98. The molecule has 0 N–H and O–H groups in total. The summed E-state index contributed by atoms with van der Waals surface area (Å²) in [7, 11) is 1.30. The Morgan fingerprint density at radius 3 is 2.08 bits per heavy atom. The summed E-state index contributed by atoms with van der Waals surface area (Å²) in [5, 5.41) is 0. The van der Waals surface area contributed by atoms with Gasteiger partial charge in [0.25, 0.3) is 11.8 Å². The first-order chi connectivity index (χ1) is 11.5. The highest BCUT2D eigenvalue weighted by molar-refractivity contribution is 14.1. The van der Waals surface area contributed by atoms with Gasteiger partial charge in [0.2, 0.25) is 0 Å². The third kappa shape index (κ3) is 2.93. The van der Waals surface area contributed by atoms with Gasteiger partial charge in [0, 0.05) is 10.1 Å². The average molecular weight is 435 g/mol. The van der Waals surface area contributed by atoms with E-state index in [0.29, 0.717) is 16.7 Å². The molecule has 5 nitrogen and oxygen atoms in total. The number of nitrogens with zero attached hydrogens (tertiary/aromatic N) is 1. The highest BCUT2D eigenvalue weighted by Crippen LogP contribution is 2.27. The molecule has 0 aliphatic carbocycles. The molecule has 0 saturated heterocycles. The fourth-order valence-corrected chi connectivity index (χ4v) is 3.10. The zero-order valence-corrected chi connectivity index (χ0v) is 15.0. The highest BCUT2D eigenvalue weighted by atomic mass is 127. The molecule has 0 bridgehead atoms. The SMILES string of the molecule is COC(=O)C(CN1C(=O)c2ccccc2C1=O)c1ccc(I)cc1. The van der Waals surface area contributed by atoms with Gasteiger partial charge in [-0.15, -0.1) is 0 Å². The molecule has 1 heterocycles. The van der Waals surface area contributed by atoms with Crippen molar-refractivity contribution in [1.29, 1.82) is 0 Å². The molecule has 0 saturated carbocycles. The van der Waals surface area contributed by atoms with Gasteiger partial charge in [-0.2, -0.15) is 0 Å². The Kier molecular flexibility index (Phi) is 4.66. The zero-order chi connectivity index (χ0) is 17.3. The summed E-state index contributed by atoms with van der Waals surface area (Å²) >= 11 is 2.17. The van der Waals surface area contributed by atoms with Crippen molar-refractivity contribution < 1.29 is 19.1 Å². The summed E-state index contributed by atoms with van der Waals surface area (Å²) in [6, 6.07) is 14.0. The Hall–Kier alpha value is -2.22. The minimum Gasteiger partial charge on any atom is -0.468 e. The van der Waals surface area contributed by atoms with Crippen LogP contribution >= 0.6 is 22.6 Å². The number of amides is 2. The number of hydrogen-bond acceptors (Lipinski definition) is 4. The van der Waals surface area contributed by atoms with Crippen LogP contribution in [0.1, 0.15) is 32.2 Å². The molecule has 6 heteroatoms. The number of esters is 1. The van der Waals surface area contributed by atoms with Crippen LogP contribution in [-0.2, 0) is 9.53 Å². The number of ether oxygens (including phenoxy) is 1. The van der Waals surface area contributed by atoms with E-state index in [1.807, 2.05) is 24.3 Å². The quantitative estimate of drug-likeness (QED) is 0.421. The molecule has 0 spiro atoms. The second-order valence-corrected chi connectivity index (χ2v) is 6.64. The van der Waals surface area contributed by atoms with Crippen molar-refractivity contribution in [3.8, 4) is 0 Å². The molecule has 1 atom stereocenters. The van der Waals surface area contributed by atoms with Crippen molar-refractivity contribution >= 4 is 40.4 Å². The second-order valence-electron chi connectivity index (χ2n) is 5.39. The fraction of sp³-hybridized carbons (Fsp3) is 0.167. The smallest absolute Gasteiger partial charge is 0.314 e. The summed E-state index contributed by atoms with van der Waals surface area (Å²) in [5.41, 5.74) is 1.45. The van der Waals surface area contributed by atoms with Crippen molar-refractivity contribution in [2.75, 3.05) is 13.7 Å². The van der Waals surface area contributed by atoms with Gasteiger partial charge in [-0.25, -0.2) is 0 Å². The maximum atomic E-state index is 12.5. The number of rotatable bonds is 4. The number of carbonyl (C=O) groups is 3. The molecule has 2 amide bonds. The van der Waals surface area contributed by atoms with Gasteiger partial charge in [-0.3, -0.25) is 19.3 Å². The lowest BCUT2D eigenvalue weighted by molar-refractivity contribution is -0.142. The van der Waals surface area contributed by atoms with Gasteiger partial charge in [-0.1, -0.05) is 24.3 Å². The number of hydrogen-bond donors (Lipinski definition) is 0. The molecule has 0 aromatic heterocycles. The first-order valence-corrected chi connectivity index (χ1v) is 8.39. The van der Waals surface area contributed by atoms with E-state index < -0.39 is 11.9 Å². The van der Waals surface area contributed by atoms with Gasteiger partial charge in [0.1, 0.15) is 0 Å². The van der Waals surface area contributed by atoms with Crippen LogP contribution in [0, 0.1) is 3.57 Å². The van der Waals surface area contributed by atoms with Crippen molar-refractivity contribution in [1.82, 2.24) is 4.90 Å². The van der Waals surface area contributed by atoms with Crippen LogP contribution < -0.4 is 0 Å². The van der Waals surface area contributed by atoms with E-state index >= 15 is 0 Å². The summed E-state index contributed by atoms with van der Waals surface area (Å²) in [5.74, 6) is -1.95. The molecule has 2 aromatic carbocycles. The lowest BCUT2D eigenvalue weighted by Gasteiger charge is -2.21. The summed E-state index contributed by atoms with van der Waals surface area (Å²) < 4.78 is 5.89. The molecular formula is C18H14INO4. The Bertz CT molecular complexity index is 781. The topological polar surface area (TPSA) is 63.7 Å². The molecule has 3 rings (SSSR count). The van der Waals surface area contributed by atoms with Gasteiger partial charge in [0.15, 0.2) is 0 Å². The van der Waals surface area contributed by atoms with E-state index in [9.17, 15) is 14.4 Å². The molecule has 1 aliphatic rings. The Balaban J connectivity index is 1.92. The van der Waals surface area contributed by atoms with Crippen LogP contribution in [0.5, 0.6) is 0 Å². The number of benzene rings is 2. The number of carbonyl (C=O) groups excluding carboxylic acids is 3. The van der Waals surface area contributed by atoms with Crippen molar-refractivity contribution in [2.45, 2.75) is 5.92 Å². The molecule has 2 aromatic rings. The maximum Gasteiger partial charge on any atom is 0.314 e. The largest absolute Gasteiger partial charge is 0.468 e. The van der Waals surface area contributed by atoms with Crippen LogP contribution in [0.3, 0.4) is 0 Å². The number of halogens is 1. The number of fused-ring (bicyclic) bond motifs is 1. The maximum absolute atomic E-state index is 12.5. The molecule has 1 unspecified atom stereocenters. The molecule has 0 radical (unpaired) electrons. The third-order valence-corrected chi connectivity index (χ3v) is 4.72. The first-order valence-electron chi connectivity index (χ1n) is 7.31. The van der Waals surface area contributed by atoms with E-state index in [-0.39, 0.29) is 18.4 Å². The molecule has 122 valence electrons. The van der Waals surface area contributed by atoms with Gasteiger partial charge >= 0.3 is 5.97 Å². The average Bonchev–Trinajstić information content (AvgIpc) is 2.85. The van der Waals surface area contributed by atoms with E-state index in [1.165, 1.54) is 7.11 Å². The molecular weight excluding hydrogens is 421 g/mol. The Morgan fingerprint density at radius 2 is 1.58 bits per heavy atom. The van der Waals surface area contributed by atoms with Crippen LogP contribution in [0.2, 0.25) is 0 Å². The Morgan fingerprint density at radius 1 is 1.04 bits per heavy atom. The predicted molar refractivity (Wildman–Crippen MR) is 95.7 cm³/mol. The summed E-state index contributed by atoms with van der Waals surface area (Å²) in [4.78, 5) is 38.3. The van der Waals surface area contributed by atoms with E-state index in [1.54, 1.807) is 24.3 Å². The number of imide groups is 1. The van der Waals surface area contributed by atoms with Gasteiger partial charge in [-0.05, 0) is 52.4 Å². The van der Waals surface area contributed by atoms with Crippen LogP contribution in [0.15, 0.2) is 48.5 Å². The van der Waals surface area contributed by atoms with E-state index in [0.717, 1.165) is 8.47 Å². The predicted octanol–water partition coefficient (Wildman–Crippen LogP) is 2.84. The molecule has 1 aliphatic heterocycles. The van der Waals surface area contributed by atoms with Gasteiger partial charge in [0.05, 0.1) is 24.2 Å². The highest BCUT2D eigenvalue weighted by Gasteiger charge is 2.38. The summed E-state index contributed by atoms with van der Waals surface area (Å²) in [6.45, 7) is -0.0421. The Labute approximate surface area is 152 Å². The minimum absolute atomic E-state index is 0.0421. The lowest BCUT2D eigenvalue weighted by Crippen LogP contribution is -2.36. The van der Waals surface area contributed by atoms with E-state index in [2.05, 4.69) is 22.6 Å². The summed E-state index contributed by atoms with van der Waals surface area (Å²) in [6.07, 6.45) is 0. The van der Waals surface area contributed by atoms with E-state index in [4.69, 9.17) is 4.74 Å². The standard InChI is InChI=1S/C18H14INO4/c1-24-18(23)15(11-6-8-12(19)9-7-11)10-20-16(21)13-4-2-3-5-14(13)17(20)22/h2-9,15H,10H2,1H3. The first kappa shape index (κ1) is 16.6. The van der Waals surface area contributed by atoms with Gasteiger partial charge < -0.3 is 4.74 Å². The van der Waals surface area contributed by atoms with Crippen molar-refractivity contribution in [2.24, 2.45) is 0 Å². The monoisotopic (exact) mass is 435 g/mol. The minimum atomic E-state index is -0.714. The van der Waals surface area contributed by atoms with Crippen LogP contribution in [-0.4, -0.2) is 36.3 Å². The number of methoxy groups -OCH3 is 1. The van der Waals surface area contributed by atoms with Crippen molar-refractivity contribution in [3.05, 3.63) is 68.8 Å². The van der Waals surface area contributed by atoms with Crippen LogP contribution in [0.4, 0.5) is 0 Å². The van der Waals surface area contributed by atoms with Crippen LogP contribution in [0.25, 0.3) is 0 Å². The van der Waals surface area contributed by atoms with Crippen molar-refractivity contribution in [3.63, 3.8) is 0 Å². The third-order valence-electron chi connectivity index (χ3n) is 4.00. The normalized spacial score (nSPS) is 14.5. The zero-order valence-electron chi connectivity index (χ0n) is 12.9. The molecule has 24 heavy (non-hydrogen) atoms. The fourth-order valence-electron chi connectivity index (χ4n) is 2.74. The molecule has 0 fully saturated rings. The second kappa shape index (κ2) is 6.72.